The summed E-state index contributed by atoms with van der Waals surface area (Å²) in [6, 6.07) is 5.67. The van der Waals surface area contributed by atoms with Crippen molar-refractivity contribution in [2.45, 2.75) is 5.16 Å². The standard InChI is InChI=1S/C13H12N4O4S/c1-21-11-7-9(17(19)20)3-4-10(11)16-12(18)8-22-13-14-5-2-6-15-13/h2-7H,8H2,1H3,(H,16,18). The predicted molar refractivity (Wildman–Crippen MR) is 81.0 cm³/mol. The van der Waals surface area contributed by atoms with E-state index in [1.54, 1.807) is 18.5 Å². The van der Waals surface area contributed by atoms with Gasteiger partial charge in [-0.1, -0.05) is 11.8 Å². The van der Waals surface area contributed by atoms with Gasteiger partial charge >= 0.3 is 0 Å². The minimum Gasteiger partial charge on any atom is -0.494 e. The van der Waals surface area contributed by atoms with E-state index in [2.05, 4.69) is 15.3 Å². The molecule has 2 aromatic rings. The number of hydrogen-bond acceptors (Lipinski definition) is 7. The van der Waals surface area contributed by atoms with Gasteiger partial charge in [0.25, 0.3) is 5.69 Å². The molecule has 2 rings (SSSR count). The third-order valence-electron chi connectivity index (χ3n) is 2.54. The van der Waals surface area contributed by atoms with Crippen LogP contribution < -0.4 is 10.1 Å². The van der Waals surface area contributed by atoms with Gasteiger partial charge in [-0.3, -0.25) is 14.9 Å². The smallest absolute Gasteiger partial charge is 0.273 e. The summed E-state index contributed by atoms with van der Waals surface area (Å²) in [7, 11) is 1.38. The zero-order valence-corrected chi connectivity index (χ0v) is 12.4. The second kappa shape index (κ2) is 7.36. The van der Waals surface area contributed by atoms with E-state index in [1.807, 2.05) is 0 Å². The Hall–Kier alpha value is -2.68. The van der Waals surface area contributed by atoms with Gasteiger partial charge in [0.05, 0.1) is 29.5 Å². The molecule has 0 saturated carbocycles. The third kappa shape index (κ3) is 4.16. The molecular weight excluding hydrogens is 308 g/mol. The van der Waals surface area contributed by atoms with Crippen LogP contribution in [-0.2, 0) is 4.79 Å². The topological polar surface area (TPSA) is 107 Å². The Morgan fingerprint density at radius 2 is 2.14 bits per heavy atom. The summed E-state index contributed by atoms with van der Waals surface area (Å²) in [4.78, 5) is 30.1. The lowest BCUT2D eigenvalue weighted by molar-refractivity contribution is -0.384. The highest BCUT2D eigenvalue weighted by Gasteiger charge is 2.13. The minimum absolute atomic E-state index is 0.109. The predicted octanol–water partition coefficient (Wildman–Crippen LogP) is 2.12. The average Bonchev–Trinajstić information content (AvgIpc) is 2.54. The van der Waals surface area contributed by atoms with Crippen molar-refractivity contribution in [1.82, 2.24) is 9.97 Å². The van der Waals surface area contributed by atoms with Gasteiger partial charge < -0.3 is 10.1 Å². The van der Waals surface area contributed by atoms with Crippen molar-refractivity contribution in [2.75, 3.05) is 18.2 Å². The Bertz CT molecular complexity index is 681. The lowest BCUT2D eigenvalue weighted by Crippen LogP contribution is -2.15. The van der Waals surface area contributed by atoms with Crippen LogP contribution in [0.1, 0.15) is 0 Å². The summed E-state index contributed by atoms with van der Waals surface area (Å²) in [6.07, 6.45) is 3.18. The van der Waals surface area contributed by atoms with E-state index in [0.717, 1.165) is 0 Å². The van der Waals surface area contributed by atoms with E-state index in [-0.39, 0.29) is 23.1 Å². The van der Waals surface area contributed by atoms with Crippen molar-refractivity contribution >= 4 is 29.0 Å². The third-order valence-corrected chi connectivity index (χ3v) is 3.42. The van der Waals surface area contributed by atoms with Crippen LogP contribution in [-0.4, -0.2) is 33.7 Å². The highest BCUT2D eigenvalue weighted by atomic mass is 32.2. The molecule has 1 heterocycles. The van der Waals surface area contributed by atoms with Gasteiger partial charge in [-0.25, -0.2) is 9.97 Å². The first kappa shape index (κ1) is 15.7. The number of carbonyl (C=O) groups excluding carboxylic acids is 1. The van der Waals surface area contributed by atoms with Gasteiger partial charge in [0, 0.05) is 18.5 Å². The Labute approximate surface area is 130 Å². The van der Waals surface area contributed by atoms with E-state index in [4.69, 9.17) is 4.74 Å². The van der Waals surface area contributed by atoms with Gasteiger partial charge in [-0.15, -0.1) is 0 Å². The summed E-state index contributed by atoms with van der Waals surface area (Å²) in [5.74, 6) is 0.0533. The first-order valence-corrected chi connectivity index (χ1v) is 7.11. The number of amides is 1. The lowest BCUT2D eigenvalue weighted by atomic mass is 10.2. The highest BCUT2D eigenvalue weighted by molar-refractivity contribution is 7.99. The maximum atomic E-state index is 11.9. The maximum Gasteiger partial charge on any atom is 0.273 e. The van der Waals surface area contributed by atoms with Crippen LogP contribution in [0.3, 0.4) is 0 Å². The number of nitrogens with one attached hydrogen (secondary N) is 1. The molecule has 1 aromatic carbocycles. The first-order chi connectivity index (χ1) is 10.6. The number of aromatic nitrogens is 2. The first-order valence-electron chi connectivity index (χ1n) is 6.12. The summed E-state index contributed by atoms with van der Waals surface area (Å²) in [5, 5.41) is 13.8. The minimum atomic E-state index is -0.531. The number of carbonyl (C=O) groups is 1. The van der Waals surface area contributed by atoms with Gasteiger partial charge in [-0.2, -0.15) is 0 Å². The molecule has 1 aromatic heterocycles. The maximum absolute atomic E-state index is 11.9. The van der Waals surface area contributed by atoms with E-state index < -0.39 is 4.92 Å². The number of rotatable bonds is 6. The summed E-state index contributed by atoms with van der Waals surface area (Å²) in [5.41, 5.74) is 0.259. The number of nitrogens with zero attached hydrogens (tertiary/aromatic N) is 3. The molecule has 0 bridgehead atoms. The van der Waals surface area contributed by atoms with Crippen molar-refractivity contribution in [3.63, 3.8) is 0 Å². The Balaban J connectivity index is 2.00. The van der Waals surface area contributed by atoms with Crippen molar-refractivity contribution in [3.05, 3.63) is 46.8 Å². The number of methoxy groups -OCH3 is 1. The molecule has 0 atom stereocenters. The van der Waals surface area contributed by atoms with Gasteiger partial charge in [-0.05, 0) is 12.1 Å². The Kier molecular flexibility index (Phi) is 5.26. The van der Waals surface area contributed by atoms with Crippen LogP contribution in [0.2, 0.25) is 0 Å². The number of ether oxygens (including phenoxy) is 1. The molecule has 8 nitrogen and oxygen atoms in total. The second-order valence-electron chi connectivity index (χ2n) is 4.01. The van der Waals surface area contributed by atoms with E-state index >= 15 is 0 Å². The Morgan fingerprint density at radius 1 is 1.41 bits per heavy atom. The molecule has 0 unspecified atom stereocenters. The summed E-state index contributed by atoms with van der Waals surface area (Å²) < 4.78 is 5.05. The van der Waals surface area contributed by atoms with Crippen molar-refractivity contribution < 1.29 is 14.5 Å². The monoisotopic (exact) mass is 320 g/mol. The number of nitro groups is 1. The fourth-order valence-corrected chi connectivity index (χ4v) is 2.18. The van der Waals surface area contributed by atoms with Crippen molar-refractivity contribution in [1.29, 1.82) is 0 Å². The van der Waals surface area contributed by atoms with Crippen molar-refractivity contribution in [2.24, 2.45) is 0 Å². The molecule has 1 amide bonds. The largest absolute Gasteiger partial charge is 0.494 e. The van der Waals surface area contributed by atoms with E-state index in [9.17, 15) is 14.9 Å². The molecule has 0 saturated heterocycles. The van der Waals surface area contributed by atoms with Gasteiger partial charge in [0.1, 0.15) is 5.75 Å². The number of thioether (sulfide) groups is 1. The fraction of sp³-hybridized carbons (Fsp3) is 0.154. The summed E-state index contributed by atoms with van der Waals surface area (Å²) >= 11 is 1.19. The molecule has 0 fully saturated rings. The van der Waals surface area contributed by atoms with Gasteiger partial charge in [0.2, 0.25) is 5.91 Å². The zero-order valence-electron chi connectivity index (χ0n) is 11.6. The van der Waals surface area contributed by atoms with Crippen LogP contribution >= 0.6 is 11.8 Å². The summed E-state index contributed by atoms with van der Waals surface area (Å²) in [6.45, 7) is 0. The Morgan fingerprint density at radius 3 is 2.77 bits per heavy atom. The lowest BCUT2D eigenvalue weighted by Gasteiger charge is -2.09. The van der Waals surface area contributed by atoms with E-state index in [1.165, 1.54) is 37.1 Å². The number of anilines is 1. The highest BCUT2D eigenvalue weighted by Crippen LogP contribution is 2.29. The molecule has 9 heteroatoms. The van der Waals surface area contributed by atoms with Crippen LogP contribution in [0.25, 0.3) is 0 Å². The molecule has 22 heavy (non-hydrogen) atoms. The average molecular weight is 320 g/mol. The fourth-order valence-electron chi connectivity index (χ4n) is 1.57. The molecule has 0 aliphatic heterocycles. The number of hydrogen-bond donors (Lipinski definition) is 1. The molecule has 0 spiro atoms. The number of benzene rings is 1. The molecule has 0 aliphatic carbocycles. The SMILES string of the molecule is COc1cc([N+](=O)[O-])ccc1NC(=O)CSc1ncccn1. The molecule has 1 N–H and O–H groups in total. The van der Waals surface area contributed by atoms with Crippen LogP contribution in [0, 0.1) is 10.1 Å². The van der Waals surface area contributed by atoms with Crippen LogP contribution in [0.4, 0.5) is 11.4 Å². The normalized spacial score (nSPS) is 10.0. The van der Waals surface area contributed by atoms with Crippen LogP contribution in [0.15, 0.2) is 41.8 Å². The number of non-ortho nitro benzene ring substituents is 1. The molecule has 114 valence electrons. The second-order valence-corrected chi connectivity index (χ2v) is 4.95. The van der Waals surface area contributed by atoms with Crippen LogP contribution in [0.5, 0.6) is 5.75 Å². The number of nitro benzene ring substituents is 1. The quantitative estimate of drug-likeness (QED) is 0.376. The van der Waals surface area contributed by atoms with Gasteiger partial charge in [0.15, 0.2) is 5.16 Å². The van der Waals surface area contributed by atoms with E-state index in [0.29, 0.717) is 10.8 Å². The van der Waals surface area contributed by atoms with Crippen molar-refractivity contribution in [3.8, 4) is 5.75 Å². The molecule has 0 radical (unpaired) electrons. The molecular formula is C13H12N4O4S. The molecule has 0 aliphatic rings. The zero-order chi connectivity index (χ0) is 15.9.